The van der Waals surface area contributed by atoms with Crippen molar-refractivity contribution in [2.24, 2.45) is 5.92 Å². The zero-order valence-electron chi connectivity index (χ0n) is 24.2. The predicted octanol–water partition coefficient (Wildman–Crippen LogP) is 9.37. The SMILES string of the molecule is Oc1cccc(-c2ccc([C@@H]3[C@@H](CCC[C@@H](O)c4ccc(F)cc4)CC(=S)N3c3ccc(-c4ccccc4)cc3)c(O)c2)c1. The number of aliphatic hydroxyl groups excluding tert-OH is 1. The molecule has 0 saturated carbocycles. The van der Waals surface area contributed by atoms with Crippen LogP contribution < -0.4 is 4.90 Å². The Balaban J connectivity index is 1.29. The summed E-state index contributed by atoms with van der Waals surface area (Å²) in [6.45, 7) is 0. The monoisotopic (exact) mass is 603 g/mol. The van der Waals surface area contributed by atoms with E-state index in [-0.39, 0.29) is 29.3 Å². The molecule has 0 radical (unpaired) electrons. The van der Waals surface area contributed by atoms with Crippen molar-refractivity contribution in [3.8, 4) is 33.8 Å². The van der Waals surface area contributed by atoms with Crippen LogP contribution in [0.25, 0.3) is 22.3 Å². The van der Waals surface area contributed by atoms with Crippen molar-refractivity contribution < 1.29 is 19.7 Å². The van der Waals surface area contributed by atoms with Crippen LogP contribution in [0, 0.1) is 11.7 Å². The summed E-state index contributed by atoms with van der Waals surface area (Å²) in [7, 11) is 0. The topological polar surface area (TPSA) is 63.9 Å². The number of thiocarbonyl (C=S) groups is 1. The molecule has 1 heterocycles. The number of nitrogens with zero attached hydrogens (tertiary/aromatic N) is 1. The van der Waals surface area contributed by atoms with Gasteiger partial charge in [-0.15, -0.1) is 0 Å². The minimum absolute atomic E-state index is 0.106. The molecule has 0 aliphatic carbocycles. The fraction of sp³-hybridized carbons (Fsp3) is 0.184. The van der Waals surface area contributed by atoms with Gasteiger partial charge in [-0.3, -0.25) is 0 Å². The van der Waals surface area contributed by atoms with Gasteiger partial charge in [-0.1, -0.05) is 97.5 Å². The van der Waals surface area contributed by atoms with Crippen LogP contribution in [-0.2, 0) is 0 Å². The number of phenolic OH excluding ortho intramolecular Hbond substituents is 2. The molecule has 5 aromatic carbocycles. The van der Waals surface area contributed by atoms with Gasteiger partial charge in [0, 0.05) is 17.7 Å². The number of rotatable bonds is 9. The summed E-state index contributed by atoms with van der Waals surface area (Å²) >= 11 is 5.99. The number of hydrogen-bond acceptors (Lipinski definition) is 4. The fourth-order valence-electron chi connectivity index (χ4n) is 6.29. The number of phenols is 2. The fourth-order valence-corrected chi connectivity index (χ4v) is 6.72. The molecule has 0 aromatic heterocycles. The molecule has 222 valence electrons. The number of benzene rings is 5. The minimum Gasteiger partial charge on any atom is -0.508 e. The Morgan fingerprint density at radius 1 is 0.750 bits per heavy atom. The molecule has 44 heavy (non-hydrogen) atoms. The van der Waals surface area contributed by atoms with Crippen LogP contribution in [0.4, 0.5) is 10.1 Å². The average molecular weight is 604 g/mol. The van der Waals surface area contributed by atoms with Crippen LogP contribution in [0.1, 0.15) is 49.0 Å². The predicted molar refractivity (Wildman–Crippen MR) is 178 cm³/mol. The van der Waals surface area contributed by atoms with Gasteiger partial charge in [-0.2, -0.15) is 0 Å². The maximum atomic E-state index is 13.4. The Morgan fingerprint density at radius 3 is 2.11 bits per heavy atom. The molecule has 0 bridgehead atoms. The van der Waals surface area contributed by atoms with Crippen LogP contribution in [0.3, 0.4) is 0 Å². The maximum absolute atomic E-state index is 13.4. The average Bonchev–Trinajstić information content (AvgIpc) is 3.36. The Kier molecular flexibility index (Phi) is 8.73. The molecule has 5 aromatic rings. The summed E-state index contributed by atoms with van der Waals surface area (Å²) in [5, 5.41) is 32.2. The van der Waals surface area contributed by atoms with Crippen LogP contribution >= 0.6 is 12.2 Å². The molecular weight excluding hydrogens is 569 g/mol. The van der Waals surface area contributed by atoms with Gasteiger partial charge in [-0.05, 0) is 89.0 Å². The molecule has 3 N–H and O–H groups in total. The lowest BCUT2D eigenvalue weighted by Crippen LogP contribution is -2.28. The first-order chi connectivity index (χ1) is 21.4. The van der Waals surface area contributed by atoms with Gasteiger partial charge in [0.15, 0.2) is 0 Å². The van der Waals surface area contributed by atoms with Gasteiger partial charge in [0.25, 0.3) is 0 Å². The molecule has 3 atom stereocenters. The largest absolute Gasteiger partial charge is 0.508 e. The number of aliphatic hydroxyl groups is 1. The summed E-state index contributed by atoms with van der Waals surface area (Å²) in [6.07, 6.45) is 2.07. The van der Waals surface area contributed by atoms with Crippen molar-refractivity contribution in [1.29, 1.82) is 0 Å². The van der Waals surface area contributed by atoms with E-state index >= 15 is 0 Å². The molecule has 1 aliphatic heterocycles. The molecule has 0 spiro atoms. The second-order valence-electron chi connectivity index (χ2n) is 11.4. The van der Waals surface area contributed by atoms with Gasteiger partial charge < -0.3 is 20.2 Å². The highest BCUT2D eigenvalue weighted by Crippen LogP contribution is 2.47. The Labute approximate surface area is 262 Å². The van der Waals surface area contributed by atoms with Crippen molar-refractivity contribution in [1.82, 2.24) is 0 Å². The van der Waals surface area contributed by atoms with Crippen molar-refractivity contribution >= 4 is 22.9 Å². The molecule has 0 amide bonds. The van der Waals surface area contributed by atoms with Gasteiger partial charge in [0.05, 0.1) is 17.1 Å². The number of halogens is 1. The standard InChI is InChI=1S/C38H34FNO3S/c39-31-17-12-27(13-18-31)35(42)11-5-9-30-24-37(44)40(32-19-14-26(15-20-32)25-6-2-1-3-7-25)38(30)34-21-16-29(23-36(34)43)28-8-4-10-33(41)22-28/h1-4,6-8,10,12-23,30,35,38,41-43H,5,9,11,24H2/t30-,35+,38-/m0/s1. The van der Waals surface area contributed by atoms with Gasteiger partial charge in [0.1, 0.15) is 17.3 Å². The van der Waals surface area contributed by atoms with Crippen molar-refractivity contribution in [2.75, 3.05) is 4.90 Å². The van der Waals surface area contributed by atoms with E-state index in [2.05, 4.69) is 41.3 Å². The van der Waals surface area contributed by atoms with Gasteiger partial charge >= 0.3 is 0 Å². The maximum Gasteiger partial charge on any atom is 0.123 e. The summed E-state index contributed by atoms with van der Waals surface area (Å²) in [5.74, 6) is 0.118. The first-order valence-electron chi connectivity index (χ1n) is 14.9. The third-order valence-corrected chi connectivity index (χ3v) is 8.88. The second-order valence-corrected chi connectivity index (χ2v) is 11.9. The molecule has 0 unspecified atom stereocenters. The Hall–Kier alpha value is -4.52. The summed E-state index contributed by atoms with van der Waals surface area (Å²) in [4.78, 5) is 2.97. The molecule has 1 fully saturated rings. The third kappa shape index (κ3) is 6.37. The Bertz CT molecular complexity index is 1740. The van der Waals surface area contributed by atoms with Crippen molar-refractivity contribution in [2.45, 2.75) is 37.8 Å². The molecular formula is C38H34FNO3S. The highest BCUT2D eigenvalue weighted by molar-refractivity contribution is 7.80. The molecule has 4 nitrogen and oxygen atoms in total. The molecule has 1 saturated heterocycles. The second kappa shape index (κ2) is 13.0. The summed E-state index contributed by atoms with van der Waals surface area (Å²) < 4.78 is 13.4. The highest BCUT2D eigenvalue weighted by atomic mass is 32.1. The number of aromatic hydroxyl groups is 2. The Morgan fingerprint density at radius 2 is 1.41 bits per heavy atom. The lowest BCUT2D eigenvalue weighted by Gasteiger charge is -2.31. The van der Waals surface area contributed by atoms with Gasteiger partial charge in [0.2, 0.25) is 0 Å². The van der Waals surface area contributed by atoms with E-state index in [1.165, 1.54) is 12.1 Å². The molecule has 1 aliphatic rings. The smallest absolute Gasteiger partial charge is 0.123 e. The normalized spacial score (nSPS) is 17.1. The van der Waals surface area contributed by atoms with Crippen LogP contribution in [-0.4, -0.2) is 20.3 Å². The zero-order valence-corrected chi connectivity index (χ0v) is 25.0. The van der Waals surface area contributed by atoms with E-state index in [1.807, 2.05) is 36.4 Å². The first kappa shape index (κ1) is 29.5. The minimum atomic E-state index is -0.681. The lowest BCUT2D eigenvalue weighted by atomic mass is 9.87. The van der Waals surface area contributed by atoms with Crippen LogP contribution in [0.15, 0.2) is 121 Å². The van der Waals surface area contributed by atoms with E-state index < -0.39 is 6.10 Å². The lowest BCUT2D eigenvalue weighted by molar-refractivity contribution is 0.160. The van der Waals surface area contributed by atoms with Gasteiger partial charge in [-0.25, -0.2) is 4.39 Å². The zero-order chi connectivity index (χ0) is 30.6. The quantitative estimate of drug-likeness (QED) is 0.147. The number of hydrogen-bond donors (Lipinski definition) is 3. The summed E-state index contributed by atoms with van der Waals surface area (Å²) in [5.41, 5.74) is 6.31. The van der Waals surface area contributed by atoms with Crippen molar-refractivity contribution in [3.63, 3.8) is 0 Å². The van der Waals surface area contributed by atoms with E-state index in [0.29, 0.717) is 18.4 Å². The summed E-state index contributed by atoms with van der Waals surface area (Å²) in [6, 6.07) is 37.0. The van der Waals surface area contributed by atoms with E-state index in [0.717, 1.165) is 51.3 Å². The van der Waals surface area contributed by atoms with Crippen LogP contribution in [0.5, 0.6) is 11.5 Å². The highest BCUT2D eigenvalue weighted by Gasteiger charge is 2.40. The van der Waals surface area contributed by atoms with E-state index in [9.17, 15) is 19.7 Å². The van der Waals surface area contributed by atoms with E-state index in [4.69, 9.17) is 12.2 Å². The molecule has 6 rings (SSSR count). The molecule has 6 heteroatoms. The van der Waals surface area contributed by atoms with E-state index in [1.54, 1.807) is 36.4 Å². The van der Waals surface area contributed by atoms with Crippen molar-refractivity contribution in [3.05, 3.63) is 138 Å². The third-order valence-electron chi connectivity index (χ3n) is 8.52. The number of anilines is 1. The first-order valence-corrected chi connectivity index (χ1v) is 15.3. The van der Waals surface area contributed by atoms with Crippen LogP contribution in [0.2, 0.25) is 0 Å².